The standard InChI is InChI=1S/C17H19Cl2N3O2/c1-3-21-7-9-22(10-8-21)17(23)14-11(2)24-20-16(14)15-12(18)5-4-6-13(15)19/h4-6H,3,7-10H2,1-2H3/p+1. The lowest BCUT2D eigenvalue weighted by molar-refractivity contribution is -0.902. The molecule has 1 N–H and O–H groups in total. The van der Waals surface area contributed by atoms with Gasteiger partial charge in [-0.15, -0.1) is 0 Å². The highest BCUT2D eigenvalue weighted by Gasteiger charge is 2.30. The quantitative estimate of drug-likeness (QED) is 0.904. The van der Waals surface area contributed by atoms with E-state index in [1.165, 1.54) is 4.90 Å². The van der Waals surface area contributed by atoms with Gasteiger partial charge in [0.15, 0.2) is 0 Å². The van der Waals surface area contributed by atoms with Gasteiger partial charge < -0.3 is 14.3 Å². The average Bonchev–Trinajstić information content (AvgIpc) is 2.95. The second kappa shape index (κ2) is 7.13. The normalized spacial score (nSPS) is 15.8. The molecule has 1 aliphatic heterocycles. The van der Waals surface area contributed by atoms with Crippen LogP contribution < -0.4 is 4.90 Å². The lowest BCUT2D eigenvalue weighted by Gasteiger charge is -2.31. The zero-order chi connectivity index (χ0) is 17.3. The van der Waals surface area contributed by atoms with E-state index in [0.717, 1.165) is 32.7 Å². The van der Waals surface area contributed by atoms with Gasteiger partial charge in [-0.1, -0.05) is 34.4 Å². The number of quaternary nitrogens is 1. The average molecular weight is 369 g/mol. The molecule has 1 aromatic carbocycles. The molecule has 1 aliphatic rings. The summed E-state index contributed by atoms with van der Waals surface area (Å²) in [6.07, 6.45) is 0. The minimum absolute atomic E-state index is 0.0742. The summed E-state index contributed by atoms with van der Waals surface area (Å²) in [6, 6.07) is 5.21. The summed E-state index contributed by atoms with van der Waals surface area (Å²) >= 11 is 12.6. The first-order chi connectivity index (χ1) is 11.5. The molecule has 0 spiro atoms. The first-order valence-electron chi connectivity index (χ1n) is 8.06. The first-order valence-corrected chi connectivity index (χ1v) is 8.82. The van der Waals surface area contributed by atoms with Gasteiger partial charge in [0.1, 0.15) is 17.0 Å². The van der Waals surface area contributed by atoms with Crippen LogP contribution in [0.3, 0.4) is 0 Å². The SMILES string of the molecule is CC[NH+]1CCN(C(=O)c2c(-c3c(Cl)cccc3Cl)noc2C)CC1. The molecule has 2 aromatic rings. The molecule has 0 aliphatic carbocycles. The Kier molecular flexibility index (Phi) is 5.13. The zero-order valence-electron chi connectivity index (χ0n) is 13.7. The van der Waals surface area contributed by atoms with Gasteiger partial charge in [-0.25, -0.2) is 0 Å². The van der Waals surface area contributed by atoms with Crippen molar-refractivity contribution in [3.8, 4) is 11.3 Å². The topological polar surface area (TPSA) is 50.8 Å². The molecule has 128 valence electrons. The Labute approximate surface area is 151 Å². The fourth-order valence-electron chi connectivity index (χ4n) is 3.06. The van der Waals surface area contributed by atoms with E-state index < -0.39 is 0 Å². The Hall–Kier alpha value is -1.56. The molecule has 24 heavy (non-hydrogen) atoms. The van der Waals surface area contributed by atoms with Crippen LogP contribution in [0.15, 0.2) is 22.7 Å². The molecule has 0 saturated carbocycles. The van der Waals surface area contributed by atoms with Gasteiger partial charge in [-0.3, -0.25) is 4.79 Å². The maximum Gasteiger partial charge on any atom is 0.260 e. The Morgan fingerprint density at radius 3 is 2.50 bits per heavy atom. The van der Waals surface area contributed by atoms with E-state index in [2.05, 4.69) is 12.1 Å². The van der Waals surface area contributed by atoms with Crippen LogP contribution in [-0.2, 0) is 0 Å². The van der Waals surface area contributed by atoms with Gasteiger partial charge in [0.25, 0.3) is 5.91 Å². The molecule has 0 atom stereocenters. The van der Waals surface area contributed by atoms with E-state index in [4.69, 9.17) is 27.7 Å². The summed E-state index contributed by atoms with van der Waals surface area (Å²) in [4.78, 5) is 16.4. The Bertz CT molecular complexity index is 732. The maximum atomic E-state index is 13.0. The van der Waals surface area contributed by atoms with E-state index >= 15 is 0 Å². The predicted molar refractivity (Wildman–Crippen MR) is 93.8 cm³/mol. The number of nitrogens with zero attached hydrogens (tertiary/aromatic N) is 2. The van der Waals surface area contributed by atoms with E-state index in [0.29, 0.717) is 32.6 Å². The van der Waals surface area contributed by atoms with Crippen LogP contribution in [0.2, 0.25) is 10.0 Å². The number of halogens is 2. The van der Waals surface area contributed by atoms with E-state index in [9.17, 15) is 4.79 Å². The third kappa shape index (κ3) is 3.16. The van der Waals surface area contributed by atoms with Crippen molar-refractivity contribution in [2.45, 2.75) is 13.8 Å². The molecular weight excluding hydrogens is 349 g/mol. The van der Waals surface area contributed by atoms with Crippen LogP contribution in [0.25, 0.3) is 11.3 Å². The molecule has 1 saturated heterocycles. The highest BCUT2D eigenvalue weighted by molar-refractivity contribution is 6.39. The van der Waals surface area contributed by atoms with E-state index in [1.807, 2.05) is 4.90 Å². The minimum Gasteiger partial charge on any atom is -0.360 e. The number of likely N-dealkylation sites (N-methyl/N-ethyl adjacent to an activating group) is 1. The molecule has 5 nitrogen and oxygen atoms in total. The number of nitrogens with one attached hydrogen (secondary N) is 1. The number of benzene rings is 1. The third-order valence-corrected chi connectivity index (χ3v) is 5.16. The summed E-state index contributed by atoms with van der Waals surface area (Å²) in [5, 5.41) is 4.96. The molecule has 0 unspecified atom stereocenters. The van der Waals surface area contributed by atoms with Crippen LogP contribution in [0.1, 0.15) is 23.0 Å². The second-order valence-corrected chi connectivity index (χ2v) is 6.77. The summed E-state index contributed by atoms with van der Waals surface area (Å²) in [7, 11) is 0. The lowest BCUT2D eigenvalue weighted by Crippen LogP contribution is -3.14. The summed E-state index contributed by atoms with van der Waals surface area (Å²) in [5.41, 5.74) is 1.40. The Morgan fingerprint density at radius 1 is 1.29 bits per heavy atom. The molecule has 0 bridgehead atoms. The minimum atomic E-state index is -0.0742. The number of carbonyl (C=O) groups is 1. The number of piperazine rings is 1. The number of aryl methyl sites for hydroxylation is 1. The molecule has 0 radical (unpaired) electrons. The van der Waals surface area contributed by atoms with Crippen molar-refractivity contribution in [1.82, 2.24) is 10.1 Å². The fraction of sp³-hybridized carbons (Fsp3) is 0.412. The molecule has 1 aromatic heterocycles. The lowest BCUT2D eigenvalue weighted by atomic mass is 10.0. The van der Waals surface area contributed by atoms with Crippen molar-refractivity contribution in [2.75, 3.05) is 32.7 Å². The first kappa shape index (κ1) is 17.3. The molecule has 1 amide bonds. The molecular formula is C17H20Cl2N3O2+. The van der Waals surface area contributed by atoms with Gasteiger partial charge in [0.05, 0.1) is 42.8 Å². The number of hydrogen-bond acceptors (Lipinski definition) is 3. The van der Waals surface area contributed by atoms with Crippen molar-refractivity contribution in [3.05, 3.63) is 39.6 Å². The van der Waals surface area contributed by atoms with Crippen LogP contribution in [0, 0.1) is 6.92 Å². The predicted octanol–water partition coefficient (Wildman–Crippen LogP) is 2.32. The monoisotopic (exact) mass is 368 g/mol. The third-order valence-electron chi connectivity index (χ3n) is 4.53. The van der Waals surface area contributed by atoms with Gasteiger partial charge >= 0.3 is 0 Å². The number of aromatic nitrogens is 1. The summed E-state index contributed by atoms with van der Waals surface area (Å²) in [5.74, 6) is 0.408. The highest BCUT2D eigenvalue weighted by Crippen LogP contribution is 2.37. The van der Waals surface area contributed by atoms with Gasteiger partial charge in [-0.2, -0.15) is 0 Å². The van der Waals surface area contributed by atoms with Crippen molar-refractivity contribution >= 4 is 29.1 Å². The molecule has 3 rings (SSSR count). The van der Waals surface area contributed by atoms with Gasteiger partial charge in [0.2, 0.25) is 0 Å². The van der Waals surface area contributed by atoms with Crippen molar-refractivity contribution in [3.63, 3.8) is 0 Å². The number of rotatable bonds is 3. The summed E-state index contributed by atoms with van der Waals surface area (Å²) in [6.45, 7) is 8.33. The fourth-order valence-corrected chi connectivity index (χ4v) is 3.63. The highest BCUT2D eigenvalue weighted by atomic mass is 35.5. The maximum absolute atomic E-state index is 13.0. The van der Waals surface area contributed by atoms with Crippen LogP contribution in [-0.4, -0.2) is 48.7 Å². The van der Waals surface area contributed by atoms with Gasteiger partial charge in [0, 0.05) is 5.56 Å². The molecule has 7 heteroatoms. The van der Waals surface area contributed by atoms with Gasteiger partial charge in [-0.05, 0) is 26.0 Å². The second-order valence-electron chi connectivity index (χ2n) is 5.95. The Balaban J connectivity index is 1.95. The molecule has 1 fully saturated rings. The molecule has 2 heterocycles. The number of carbonyl (C=O) groups excluding carboxylic acids is 1. The Morgan fingerprint density at radius 2 is 1.92 bits per heavy atom. The van der Waals surface area contributed by atoms with Crippen molar-refractivity contribution in [1.29, 1.82) is 0 Å². The summed E-state index contributed by atoms with van der Waals surface area (Å²) < 4.78 is 5.29. The van der Waals surface area contributed by atoms with Crippen LogP contribution in [0.5, 0.6) is 0 Å². The van der Waals surface area contributed by atoms with E-state index in [1.54, 1.807) is 25.1 Å². The zero-order valence-corrected chi connectivity index (χ0v) is 15.2. The number of hydrogen-bond donors (Lipinski definition) is 1. The van der Waals surface area contributed by atoms with Crippen molar-refractivity contribution < 1.29 is 14.2 Å². The largest absolute Gasteiger partial charge is 0.360 e. The number of amides is 1. The smallest absolute Gasteiger partial charge is 0.260 e. The van der Waals surface area contributed by atoms with E-state index in [-0.39, 0.29) is 5.91 Å². The van der Waals surface area contributed by atoms with Crippen molar-refractivity contribution in [2.24, 2.45) is 0 Å². The van der Waals surface area contributed by atoms with Crippen LogP contribution in [0.4, 0.5) is 0 Å². The van der Waals surface area contributed by atoms with Crippen LogP contribution >= 0.6 is 23.2 Å².